The minimum atomic E-state index is 1.06. The number of fused-ring (bicyclic) bond motifs is 3. The molecule has 2 N–H and O–H groups in total. The summed E-state index contributed by atoms with van der Waals surface area (Å²) in [5.41, 5.74) is 2.20. The minimum absolute atomic E-state index is 1.06. The van der Waals surface area contributed by atoms with E-state index in [-0.39, 0.29) is 0 Å². The van der Waals surface area contributed by atoms with Crippen molar-refractivity contribution in [3.8, 4) is 0 Å². The zero-order valence-corrected chi connectivity index (χ0v) is 6.91. The first-order chi connectivity index (χ1) is 6.45. The molecule has 13 heavy (non-hydrogen) atoms. The van der Waals surface area contributed by atoms with Crippen LogP contribution >= 0.6 is 0 Å². The molecular formula is C10H8N3+. The van der Waals surface area contributed by atoms with E-state index in [1.807, 2.05) is 24.5 Å². The number of benzene rings is 1. The van der Waals surface area contributed by atoms with Crippen molar-refractivity contribution in [1.82, 2.24) is 10.2 Å². The third-order valence-electron chi connectivity index (χ3n) is 2.26. The molecule has 0 atom stereocenters. The summed E-state index contributed by atoms with van der Waals surface area (Å²) in [5, 5.41) is 9.29. The largest absolute Gasteiger partial charge is 0.278 e. The number of rotatable bonds is 0. The van der Waals surface area contributed by atoms with Gasteiger partial charge in [-0.2, -0.15) is 5.10 Å². The van der Waals surface area contributed by atoms with E-state index in [0.29, 0.717) is 0 Å². The first-order valence-corrected chi connectivity index (χ1v) is 4.18. The van der Waals surface area contributed by atoms with Crippen LogP contribution in [0.3, 0.4) is 0 Å². The fourth-order valence-electron chi connectivity index (χ4n) is 1.62. The van der Waals surface area contributed by atoms with Crippen LogP contribution in [0.25, 0.3) is 21.8 Å². The van der Waals surface area contributed by atoms with Crippen LogP contribution in [0.5, 0.6) is 0 Å². The van der Waals surface area contributed by atoms with Crippen molar-refractivity contribution < 1.29 is 4.98 Å². The van der Waals surface area contributed by atoms with Gasteiger partial charge in [-0.3, -0.25) is 5.10 Å². The Kier molecular flexibility index (Phi) is 1.16. The van der Waals surface area contributed by atoms with Gasteiger partial charge in [0.25, 0.3) is 0 Å². The quantitative estimate of drug-likeness (QED) is 0.546. The number of hydrogen-bond donors (Lipinski definition) is 1. The number of aromatic nitrogens is 3. The normalized spacial score (nSPS) is 11.1. The van der Waals surface area contributed by atoms with Crippen LogP contribution in [-0.2, 0) is 0 Å². The maximum atomic E-state index is 4.01. The van der Waals surface area contributed by atoms with Crippen molar-refractivity contribution >= 4 is 21.8 Å². The molecule has 3 aromatic rings. The van der Waals surface area contributed by atoms with Gasteiger partial charge in [0.05, 0.1) is 17.1 Å². The first kappa shape index (κ1) is 6.60. The molecular weight excluding hydrogens is 162 g/mol. The third kappa shape index (κ3) is 0.839. The standard InChI is InChI=1S/C10H7N3/c1-2-7-3-4-9-8(6-12-13-9)10(7)11-5-1/h1-6H,(H,12,13)/p+1. The molecule has 0 saturated carbocycles. The van der Waals surface area contributed by atoms with Gasteiger partial charge in [0.2, 0.25) is 5.52 Å². The Labute approximate surface area is 74.4 Å². The summed E-state index contributed by atoms with van der Waals surface area (Å²) in [5.74, 6) is 0. The lowest BCUT2D eigenvalue weighted by atomic mass is 10.1. The first-order valence-electron chi connectivity index (χ1n) is 4.18. The van der Waals surface area contributed by atoms with Crippen molar-refractivity contribution in [3.05, 3.63) is 36.7 Å². The van der Waals surface area contributed by atoms with E-state index in [4.69, 9.17) is 0 Å². The summed E-state index contributed by atoms with van der Waals surface area (Å²) in [6.07, 6.45) is 3.77. The monoisotopic (exact) mass is 170 g/mol. The summed E-state index contributed by atoms with van der Waals surface area (Å²) < 4.78 is 0. The molecule has 0 radical (unpaired) electrons. The fraction of sp³-hybridized carbons (Fsp3) is 0. The fourth-order valence-corrected chi connectivity index (χ4v) is 1.62. The smallest absolute Gasteiger partial charge is 0.221 e. The number of nitrogens with zero attached hydrogens (tertiary/aromatic N) is 1. The highest BCUT2D eigenvalue weighted by molar-refractivity contribution is 6.01. The van der Waals surface area contributed by atoms with Crippen molar-refractivity contribution in [1.29, 1.82) is 0 Å². The Morgan fingerprint density at radius 3 is 3.23 bits per heavy atom. The van der Waals surface area contributed by atoms with Gasteiger partial charge in [-0.1, -0.05) is 0 Å². The lowest BCUT2D eigenvalue weighted by Crippen LogP contribution is -2.00. The van der Waals surface area contributed by atoms with Crippen LogP contribution in [0.15, 0.2) is 36.7 Å². The second-order valence-electron chi connectivity index (χ2n) is 3.03. The van der Waals surface area contributed by atoms with Gasteiger partial charge < -0.3 is 0 Å². The van der Waals surface area contributed by atoms with Gasteiger partial charge in [0.1, 0.15) is 0 Å². The average molecular weight is 170 g/mol. The molecule has 2 aromatic heterocycles. The summed E-state index contributed by atoms with van der Waals surface area (Å²) in [6, 6.07) is 8.19. The van der Waals surface area contributed by atoms with Gasteiger partial charge in [0.15, 0.2) is 6.20 Å². The molecule has 0 amide bonds. The van der Waals surface area contributed by atoms with Crippen molar-refractivity contribution in [2.24, 2.45) is 0 Å². The zero-order valence-electron chi connectivity index (χ0n) is 6.91. The van der Waals surface area contributed by atoms with Crippen LogP contribution in [0.1, 0.15) is 0 Å². The molecule has 0 aliphatic rings. The Hall–Kier alpha value is -1.90. The maximum absolute atomic E-state index is 4.01. The van der Waals surface area contributed by atoms with E-state index in [2.05, 4.69) is 27.3 Å². The van der Waals surface area contributed by atoms with Crippen LogP contribution in [0.2, 0.25) is 0 Å². The maximum Gasteiger partial charge on any atom is 0.221 e. The molecule has 62 valence electrons. The summed E-state index contributed by atoms with van der Waals surface area (Å²) in [6.45, 7) is 0. The van der Waals surface area contributed by atoms with E-state index in [1.54, 1.807) is 0 Å². The molecule has 0 unspecified atom stereocenters. The van der Waals surface area contributed by atoms with Gasteiger partial charge >= 0.3 is 0 Å². The van der Waals surface area contributed by atoms with Gasteiger partial charge in [-0.15, -0.1) is 0 Å². The molecule has 3 nitrogen and oxygen atoms in total. The molecule has 3 rings (SSSR count). The van der Waals surface area contributed by atoms with Crippen LogP contribution < -0.4 is 4.98 Å². The number of hydrogen-bond acceptors (Lipinski definition) is 1. The highest BCUT2D eigenvalue weighted by atomic mass is 15.1. The van der Waals surface area contributed by atoms with Crippen molar-refractivity contribution in [3.63, 3.8) is 0 Å². The number of aromatic amines is 2. The van der Waals surface area contributed by atoms with E-state index in [1.165, 1.54) is 5.39 Å². The van der Waals surface area contributed by atoms with Crippen LogP contribution in [-0.4, -0.2) is 10.2 Å². The second kappa shape index (κ2) is 2.29. The molecule has 0 aliphatic heterocycles. The summed E-state index contributed by atoms with van der Waals surface area (Å²) >= 11 is 0. The Morgan fingerprint density at radius 1 is 1.23 bits per heavy atom. The van der Waals surface area contributed by atoms with Crippen molar-refractivity contribution in [2.75, 3.05) is 0 Å². The van der Waals surface area contributed by atoms with Crippen LogP contribution in [0.4, 0.5) is 0 Å². The molecule has 3 heteroatoms. The molecule has 0 saturated heterocycles. The Balaban J connectivity index is 2.65. The van der Waals surface area contributed by atoms with Gasteiger partial charge in [-0.25, -0.2) is 4.98 Å². The van der Waals surface area contributed by atoms with E-state index in [9.17, 15) is 0 Å². The Morgan fingerprint density at radius 2 is 2.23 bits per heavy atom. The number of H-pyrrole nitrogens is 2. The molecule has 1 aromatic carbocycles. The molecule has 0 spiro atoms. The summed E-state index contributed by atoms with van der Waals surface area (Å²) in [7, 11) is 0. The minimum Gasteiger partial charge on any atom is -0.278 e. The lowest BCUT2D eigenvalue weighted by Gasteiger charge is -1.90. The topological polar surface area (TPSA) is 42.8 Å². The van der Waals surface area contributed by atoms with E-state index in [0.717, 1.165) is 16.4 Å². The molecule has 0 bridgehead atoms. The summed E-state index contributed by atoms with van der Waals surface area (Å²) in [4.78, 5) is 3.22. The lowest BCUT2D eigenvalue weighted by molar-refractivity contribution is -0.343. The number of nitrogens with one attached hydrogen (secondary N) is 2. The zero-order chi connectivity index (χ0) is 8.67. The third-order valence-corrected chi connectivity index (χ3v) is 2.26. The van der Waals surface area contributed by atoms with E-state index >= 15 is 0 Å². The SMILES string of the molecule is c1c[nH+]c2c(c1)ccc1[nH]ncc12. The van der Waals surface area contributed by atoms with Crippen LogP contribution in [0, 0.1) is 0 Å². The number of pyridine rings is 1. The highest BCUT2D eigenvalue weighted by Crippen LogP contribution is 2.18. The van der Waals surface area contributed by atoms with Gasteiger partial charge in [-0.05, 0) is 18.2 Å². The average Bonchev–Trinajstić information content (AvgIpc) is 2.65. The molecule has 0 fully saturated rings. The van der Waals surface area contributed by atoms with Crippen molar-refractivity contribution in [2.45, 2.75) is 0 Å². The molecule has 2 heterocycles. The second-order valence-corrected chi connectivity index (χ2v) is 3.03. The predicted octanol–water partition coefficient (Wildman–Crippen LogP) is 1.53. The van der Waals surface area contributed by atoms with Gasteiger partial charge in [0, 0.05) is 11.5 Å². The molecule has 0 aliphatic carbocycles. The Bertz CT molecular complexity index is 568. The van der Waals surface area contributed by atoms with E-state index < -0.39 is 0 Å². The highest BCUT2D eigenvalue weighted by Gasteiger charge is 2.05. The predicted molar refractivity (Wildman–Crippen MR) is 50.2 cm³/mol.